The van der Waals surface area contributed by atoms with Crippen molar-refractivity contribution in [2.45, 2.75) is 25.2 Å². The summed E-state index contributed by atoms with van der Waals surface area (Å²) in [7, 11) is 0. The van der Waals surface area contributed by atoms with E-state index in [0.29, 0.717) is 12.5 Å². The van der Waals surface area contributed by atoms with Crippen LogP contribution in [0.4, 0.5) is 0 Å². The Kier molecular flexibility index (Phi) is 3.70. The molecule has 0 aromatic heterocycles. The Bertz CT molecular complexity index is 444. The number of rotatable bonds is 5. The second kappa shape index (κ2) is 5.25. The lowest BCUT2D eigenvalue weighted by molar-refractivity contribution is 0.701. The van der Waals surface area contributed by atoms with Gasteiger partial charge in [-0.2, -0.15) is 0 Å². The average molecular weight is 243 g/mol. The Morgan fingerprint density at radius 3 is 2.61 bits per heavy atom. The fourth-order valence-electron chi connectivity index (χ4n) is 2.01. The van der Waals surface area contributed by atoms with Gasteiger partial charge in [0.15, 0.2) is 5.96 Å². The fraction of sp³-hybridized carbons (Fsp3) is 0.400. The van der Waals surface area contributed by atoms with Crippen molar-refractivity contribution < 1.29 is 0 Å². The largest absolute Gasteiger partial charge is 0.370 e. The van der Waals surface area contributed by atoms with Crippen LogP contribution in [0, 0.1) is 0 Å². The molecule has 18 heavy (non-hydrogen) atoms. The molecule has 1 fully saturated rings. The molecule has 3 N–H and O–H groups in total. The number of hydrogen-bond acceptors (Lipinski definition) is 1. The number of nitrogens with one attached hydrogen (secondary N) is 1. The fourth-order valence-corrected chi connectivity index (χ4v) is 2.01. The van der Waals surface area contributed by atoms with Crippen molar-refractivity contribution in [3.05, 3.63) is 48.0 Å². The van der Waals surface area contributed by atoms with Gasteiger partial charge >= 0.3 is 0 Å². The van der Waals surface area contributed by atoms with Crippen LogP contribution in [0.25, 0.3) is 0 Å². The van der Waals surface area contributed by atoms with Gasteiger partial charge < -0.3 is 11.1 Å². The molecule has 0 heterocycles. The van der Waals surface area contributed by atoms with Crippen LogP contribution in [-0.2, 0) is 5.41 Å². The third-order valence-corrected chi connectivity index (χ3v) is 3.36. The molecule has 0 atom stereocenters. The Balaban J connectivity index is 1.94. The molecule has 3 heteroatoms. The summed E-state index contributed by atoms with van der Waals surface area (Å²) in [6.45, 7) is 7.25. The Morgan fingerprint density at radius 1 is 1.39 bits per heavy atom. The standard InChI is InChI=1S/C15H21N3/c1-12(2)10-17-14(16)18-11-15(8-9-15)13-6-4-3-5-7-13/h3-7H,1,8-11H2,2H3,(H3,16,17,18). The normalized spacial score (nSPS) is 17.3. The molecule has 1 aliphatic carbocycles. The maximum atomic E-state index is 5.83. The Hall–Kier alpha value is -1.77. The zero-order chi connectivity index (χ0) is 13.0. The van der Waals surface area contributed by atoms with Crippen molar-refractivity contribution in [2.75, 3.05) is 13.1 Å². The number of nitrogens with zero attached hydrogens (tertiary/aromatic N) is 1. The van der Waals surface area contributed by atoms with Crippen LogP contribution >= 0.6 is 0 Å². The summed E-state index contributed by atoms with van der Waals surface area (Å²) >= 11 is 0. The first kappa shape index (κ1) is 12.7. The van der Waals surface area contributed by atoms with Crippen LogP contribution in [0.1, 0.15) is 25.3 Å². The third-order valence-electron chi connectivity index (χ3n) is 3.36. The highest BCUT2D eigenvalue weighted by Gasteiger charge is 2.43. The van der Waals surface area contributed by atoms with Gasteiger partial charge in [0, 0.05) is 12.0 Å². The molecule has 96 valence electrons. The molecule has 0 aliphatic heterocycles. The summed E-state index contributed by atoms with van der Waals surface area (Å²) in [5.41, 5.74) is 8.50. The van der Waals surface area contributed by atoms with E-state index in [1.165, 1.54) is 18.4 Å². The van der Waals surface area contributed by atoms with Crippen LogP contribution < -0.4 is 11.1 Å². The molecule has 2 rings (SSSR count). The minimum absolute atomic E-state index is 0.233. The van der Waals surface area contributed by atoms with E-state index in [9.17, 15) is 0 Å². The van der Waals surface area contributed by atoms with Gasteiger partial charge in [-0.3, -0.25) is 4.99 Å². The molecule has 0 saturated heterocycles. The molecule has 1 aromatic carbocycles. The molecule has 0 amide bonds. The quantitative estimate of drug-likeness (QED) is 0.473. The molecule has 0 spiro atoms. The second-order valence-corrected chi connectivity index (χ2v) is 5.16. The van der Waals surface area contributed by atoms with Crippen LogP contribution in [0.5, 0.6) is 0 Å². The molecule has 3 nitrogen and oxygen atoms in total. The first-order valence-electron chi connectivity index (χ1n) is 6.36. The molecule has 1 saturated carbocycles. The summed E-state index contributed by atoms with van der Waals surface area (Å²) < 4.78 is 0. The predicted molar refractivity (Wildman–Crippen MR) is 76.7 cm³/mol. The lowest BCUT2D eigenvalue weighted by Gasteiger charge is -2.13. The SMILES string of the molecule is C=C(C)CNC(N)=NCC1(c2ccccc2)CC1. The third kappa shape index (κ3) is 3.13. The van der Waals surface area contributed by atoms with Gasteiger partial charge in [-0.25, -0.2) is 0 Å². The number of hydrogen-bond donors (Lipinski definition) is 2. The predicted octanol–water partition coefficient (Wildman–Crippen LogP) is 2.20. The van der Waals surface area contributed by atoms with Crippen molar-refractivity contribution in [1.29, 1.82) is 0 Å². The van der Waals surface area contributed by atoms with Gasteiger partial charge in [0.1, 0.15) is 0 Å². The number of aliphatic imine (C=N–C) groups is 1. The van der Waals surface area contributed by atoms with Gasteiger partial charge in [-0.1, -0.05) is 42.5 Å². The van der Waals surface area contributed by atoms with E-state index < -0.39 is 0 Å². The second-order valence-electron chi connectivity index (χ2n) is 5.16. The first-order chi connectivity index (χ1) is 8.62. The highest BCUT2D eigenvalue weighted by molar-refractivity contribution is 5.78. The van der Waals surface area contributed by atoms with Gasteiger partial charge in [0.05, 0.1) is 6.54 Å². The number of nitrogens with two attached hydrogens (primary N) is 1. The van der Waals surface area contributed by atoms with Gasteiger partial charge in [-0.05, 0) is 25.3 Å². The average Bonchev–Trinajstić information content (AvgIpc) is 3.16. The topological polar surface area (TPSA) is 50.4 Å². The lowest BCUT2D eigenvalue weighted by atomic mass is 9.96. The molecule has 0 unspecified atom stereocenters. The highest BCUT2D eigenvalue weighted by Crippen LogP contribution is 2.48. The van der Waals surface area contributed by atoms with Crippen molar-refractivity contribution in [2.24, 2.45) is 10.7 Å². The number of benzene rings is 1. The van der Waals surface area contributed by atoms with Crippen molar-refractivity contribution in [1.82, 2.24) is 5.32 Å². The van der Waals surface area contributed by atoms with E-state index in [1.54, 1.807) is 0 Å². The van der Waals surface area contributed by atoms with E-state index in [0.717, 1.165) is 12.1 Å². The van der Waals surface area contributed by atoms with Crippen molar-refractivity contribution >= 4 is 5.96 Å². The maximum absolute atomic E-state index is 5.83. The summed E-state index contributed by atoms with van der Waals surface area (Å²) in [6.07, 6.45) is 2.41. The minimum Gasteiger partial charge on any atom is -0.370 e. The van der Waals surface area contributed by atoms with Crippen molar-refractivity contribution in [3.63, 3.8) is 0 Å². The molecule has 0 radical (unpaired) electrons. The van der Waals surface area contributed by atoms with Crippen LogP contribution in [-0.4, -0.2) is 19.0 Å². The molecule has 1 aliphatic rings. The highest BCUT2D eigenvalue weighted by atomic mass is 15.1. The van der Waals surface area contributed by atoms with Gasteiger partial charge in [-0.15, -0.1) is 0 Å². The summed E-state index contributed by atoms with van der Waals surface area (Å²) in [4.78, 5) is 4.45. The number of guanidine groups is 1. The van der Waals surface area contributed by atoms with E-state index >= 15 is 0 Å². The first-order valence-corrected chi connectivity index (χ1v) is 6.36. The van der Waals surface area contributed by atoms with Crippen LogP contribution in [0.2, 0.25) is 0 Å². The zero-order valence-corrected chi connectivity index (χ0v) is 10.9. The lowest BCUT2D eigenvalue weighted by Crippen LogP contribution is -2.33. The smallest absolute Gasteiger partial charge is 0.188 e. The van der Waals surface area contributed by atoms with Crippen LogP contribution in [0.15, 0.2) is 47.5 Å². The maximum Gasteiger partial charge on any atom is 0.188 e. The van der Waals surface area contributed by atoms with Crippen molar-refractivity contribution in [3.8, 4) is 0 Å². The summed E-state index contributed by atoms with van der Waals surface area (Å²) in [5.74, 6) is 0.514. The van der Waals surface area contributed by atoms with Crippen LogP contribution in [0.3, 0.4) is 0 Å². The summed E-state index contributed by atoms with van der Waals surface area (Å²) in [5, 5.41) is 3.06. The van der Waals surface area contributed by atoms with E-state index in [2.05, 4.69) is 41.2 Å². The Morgan fingerprint density at radius 2 is 2.06 bits per heavy atom. The van der Waals surface area contributed by atoms with E-state index in [4.69, 9.17) is 5.73 Å². The molecule has 1 aromatic rings. The summed E-state index contributed by atoms with van der Waals surface area (Å²) in [6, 6.07) is 10.6. The van der Waals surface area contributed by atoms with Gasteiger partial charge in [0.25, 0.3) is 0 Å². The van der Waals surface area contributed by atoms with Gasteiger partial charge in [0.2, 0.25) is 0 Å². The molecular formula is C15H21N3. The zero-order valence-electron chi connectivity index (χ0n) is 10.9. The van der Waals surface area contributed by atoms with E-state index in [1.807, 2.05) is 13.0 Å². The Labute approximate surface area is 109 Å². The monoisotopic (exact) mass is 243 g/mol. The molecule has 0 bridgehead atoms. The molecular weight excluding hydrogens is 222 g/mol. The van der Waals surface area contributed by atoms with E-state index in [-0.39, 0.29) is 5.41 Å². The minimum atomic E-state index is 0.233.